The van der Waals surface area contributed by atoms with Crippen LogP contribution in [-0.2, 0) is 11.3 Å². The van der Waals surface area contributed by atoms with Crippen LogP contribution >= 0.6 is 11.8 Å². The Kier molecular flexibility index (Phi) is 7.56. The molecule has 4 aromatic rings. The van der Waals surface area contributed by atoms with Gasteiger partial charge in [-0.2, -0.15) is 0 Å². The van der Waals surface area contributed by atoms with Gasteiger partial charge in [-0.3, -0.25) is 14.3 Å². The van der Waals surface area contributed by atoms with Crippen LogP contribution in [0.4, 0.5) is 0 Å². The number of carbonyl (C=O) groups excluding carboxylic acids is 1. The summed E-state index contributed by atoms with van der Waals surface area (Å²) >= 11 is 1.42. The van der Waals surface area contributed by atoms with Gasteiger partial charge in [-0.15, -0.1) is 10.2 Å². The highest BCUT2D eigenvalue weighted by Gasteiger charge is 2.22. The molecule has 0 radical (unpaired) electrons. The topological polar surface area (TPSA) is 63.1 Å². The van der Waals surface area contributed by atoms with Crippen molar-refractivity contribution in [1.29, 1.82) is 0 Å². The summed E-state index contributed by atoms with van der Waals surface area (Å²) in [6.07, 6.45) is 1.95. The maximum atomic E-state index is 12.8. The molecule has 178 valence electrons. The number of nitrogens with one attached hydrogen (secondary N) is 1. The summed E-state index contributed by atoms with van der Waals surface area (Å²) in [5, 5.41) is 12.8. The highest BCUT2D eigenvalue weighted by atomic mass is 32.2. The van der Waals surface area contributed by atoms with Crippen LogP contribution in [0.1, 0.15) is 18.4 Å². The number of aromatic nitrogens is 3. The lowest BCUT2D eigenvalue weighted by Crippen LogP contribution is -2.44. The molecule has 7 heteroatoms. The van der Waals surface area contributed by atoms with Crippen molar-refractivity contribution in [2.24, 2.45) is 0 Å². The van der Waals surface area contributed by atoms with E-state index in [2.05, 4.69) is 44.7 Å². The standard InChI is InChI=1S/C28H29N5OS/c34-26(29-24-16-18-32(19-17-24)20-22-10-4-1-5-11-22)21-35-28-31-30-27(23-12-6-2-7-13-23)33(28)25-14-8-3-9-15-25/h1-15,24H,16-21H2,(H,29,34). The number of thioether (sulfide) groups is 1. The summed E-state index contributed by atoms with van der Waals surface area (Å²) in [5.74, 6) is 1.12. The van der Waals surface area contributed by atoms with E-state index in [0.29, 0.717) is 10.9 Å². The third-order valence-electron chi connectivity index (χ3n) is 6.21. The molecule has 1 aliphatic heterocycles. The molecule has 0 saturated carbocycles. The van der Waals surface area contributed by atoms with Gasteiger partial charge in [0.15, 0.2) is 11.0 Å². The number of para-hydroxylation sites is 1. The number of carbonyl (C=O) groups is 1. The van der Waals surface area contributed by atoms with Crippen molar-refractivity contribution in [2.75, 3.05) is 18.8 Å². The van der Waals surface area contributed by atoms with Gasteiger partial charge in [0, 0.05) is 36.9 Å². The van der Waals surface area contributed by atoms with E-state index >= 15 is 0 Å². The second kappa shape index (κ2) is 11.3. The fourth-order valence-electron chi connectivity index (χ4n) is 4.42. The molecule has 1 fully saturated rings. The molecule has 1 amide bonds. The summed E-state index contributed by atoms with van der Waals surface area (Å²) in [6, 6.07) is 30.8. The minimum atomic E-state index is 0.0420. The number of nitrogens with zero attached hydrogens (tertiary/aromatic N) is 4. The van der Waals surface area contributed by atoms with Crippen molar-refractivity contribution in [2.45, 2.75) is 30.6 Å². The molecule has 1 aromatic heterocycles. The fraction of sp³-hybridized carbons (Fsp3) is 0.250. The Labute approximate surface area is 210 Å². The molecule has 0 atom stereocenters. The average Bonchev–Trinajstić information content (AvgIpc) is 3.34. The predicted molar refractivity (Wildman–Crippen MR) is 140 cm³/mol. The Bertz CT molecular complexity index is 1220. The lowest BCUT2D eigenvalue weighted by atomic mass is 10.0. The first-order chi connectivity index (χ1) is 17.3. The lowest BCUT2D eigenvalue weighted by molar-refractivity contribution is -0.119. The monoisotopic (exact) mass is 483 g/mol. The van der Waals surface area contributed by atoms with E-state index in [1.807, 2.05) is 71.3 Å². The Balaban J connectivity index is 1.19. The third-order valence-corrected chi connectivity index (χ3v) is 7.14. The first kappa shape index (κ1) is 23.3. The zero-order valence-corrected chi connectivity index (χ0v) is 20.4. The highest BCUT2D eigenvalue weighted by molar-refractivity contribution is 7.99. The molecule has 0 unspecified atom stereocenters. The van der Waals surface area contributed by atoms with Crippen LogP contribution in [0, 0.1) is 0 Å². The van der Waals surface area contributed by atoms with Gasteiger partial charge in [0.2, 0.25) is 5.91 Å². The Hall–Kier alpha value is -3.42. The van der Waals surface area contributed by atoms with E-state index in [-0.39, 0.29) is 11.9 Å². The van der Waals surface area contributed by atoms with E-state index in [0.717, 1.165) is 49.6 Å². The summed E-state index contributed by atoms with van der Waals surface area (Å²) < 4.78 is 2.02. The van der Waals surface area contributed by atoms with Gasteiger partial charge in [0.1, 0.15) is 0 Å². The second-order valence-electron chi connectivity index (χ2n) is 8.74. The van der Waals surface area contributed by atoms with E-state index in [4.69, 9.17) is 0 Å². The van der Waals surface area contributed by atoms with Gasteiger partial charge >= 0.3 is 0 Å². The number of amides is 1. The molecular formula is C28H29N5OS. The van der Waals surface area contributed by atoms with Gasteiger partial charge < -0.3 is 5.32 Å². The lowest BCUT2D eigenvalue weighted by Gasteiger charge is -2.32. The van der Waals surface area contributed by atoms with Crippen molar-refractivity contribution < 1.29 is 4.79 Å². The molecule has 1 saturated heterocycles. The number of likely N-dealkylation sites (tertiary alicyclic amines) is 1. The summed E-state index contributed by atoms with van der Waals surface area (Å²) in [5.41, 5.74) is 3.30. The fourth-order valence-corrected chi connectivity index (χ4v) is 5.19. The van der Waals surface area contributed by atoms with Crippen LogP contribution in [0.25, 0.3) is 17.1 Å². The Morgan fingerprint density at radius 2 is 1.49 bits per heavy atom. The van der Waals surface area contributed by atoms with E-state index in [1.54, 1.807) is 0 Å². The molecule has 2 heterocycles. The average molecular weight is 484 g/mol. The van der Waals surface area contributed by atoms with Gasteiger partial charge in [-0.25, -0.2) is 0 Å². The van der Waals surface area contributed by atoms with Gasteiger partial charge in [-0.05, 0) is 30.5 Å². The normalized spacial score (nSPS) is 14.6. The number of benzene rings is 3. The smallest absolute Gasteiger partial charge is 0.230 e. The Morgan fingerprint density at radius 1 is 0.857 bits per heavy atom. The van der Waals surface area contributed by atoms with Crippen LogP contribution in [0.15, 0.2) is 96.2 Å². The predicted octanol–water partition coefficient (Wildman–Crippen LogP) is 4.81. The van der Waals surface area contributed by atoms with E-state index in [1.165, 1.54) is 17.3 Å². The quantitative estimate of drug-likeness (QED) is 0.365. The van der Waals surface area contributed by atoms with E-state index < -0.39 is 0 Å². The van der Waals surface area contributed by atoms with Crippen molar-refractivity contribution in [3.63, 3.8) is 0 Å². The molecule has 0 spiro atoms. The summed E-state index contributed by atoms with van der Waals surface area (Å²) in [4.78, 5) is 15.2. The summed E-state index contributed by atoms with van der Waals surface area (Å²) in [6.45, 7) is 2.96. The molecule has 6 nitrogen and oxygen atoms in total. The zero-order chi connectivity index (χ0) is 23.9. The van der Waals surface area contributed by atoms with Gasteiger partial charge in [0.25, 0.3) is 0 Å². The maximum Gasteiger partial charge on any atom is 0.230 e. The van der Waals surface area contributed by atoms with Gasteiger partial charge in [0.05, 0.1) is 5.75 Å². The molecule has 3 aromatic carbocycles. The van der Waals surface area contributed by atoms with Crippen molar-refractivity contribution in [3.8, 4) is 17.1 Å². The minimum absolute atomic E-state index is 0.0420. The van der Waals surface area contributed by atoms with Crippen LogP contribution in [0.5, 0.6) is 0 Å². The molecule has 5 rings (SSSR count). The first-order valence-electron chi connectivity index (χ1n) is 12.0. The molecule has 1 aliphatic rings. The van der Waals surface area contributed by atoms with Crippen molar-refractivity contribution in [1.82, 2.24) is 25.0 Å². The number of piperidine rings is 1. The minimum Gasteiger partial charge on any atom is -0.353 e. The highest BCUT2D eigenvalue weighted by Crippen LogP contribution is 2.27. The van der Waals surface area contributed by atoms with Gasteiger partial charge in [-0.1, -0.05) is 90.6 Å². The Morgan fingerprint density at radius 3 is 2.17 bits per heavy atom. The summed E-state index contributed by atoms with van der Waals surface area (Å²) in [7, 11) is 0. The number of rotatable bonds is 8. The molecule has 0 bridgehead atoms. The van der Waals surface area contributed by atoms with Crippen LogP contribution in [0.2, 0.25) is 0 Å². The van der Waals surface area contributed by atoms with Crippen molar-refractivity contribution >= 4 is 17.7 Å². The zero-order valence-electron chi connectivity index (χ0n) is 19.6. The molecule has 1 N–H and O–H groups in total. The third kappa shape index (κ3) is 5.99. The SMILES string of the molecule is O=C(CSc1nnc(-c2ccccc2)n1-c1ccccc1)NC1CCN(Cc2ccccc2)CC1. The number of hydrogen-bond donors (Lipinski definition) is 1. The van der Waals surface area contributed by atoms with Crippen molar-refractivity contribution in [3.05, 3.63) is 96.6 Å². The van der Waals surface area contributed by atoms with E-state index in [9.17, 15) is 4.79 Å². The second-order valence-corrected chi connectivity index (χ2v) is 9.68. The van der Waals surface area contributed by atoms with Crippen LogP contribution in [-0.4, -0.2) is 50.5 Å². The number of hydrogen-bond acceptors (Lipinski definition) is 5. The first-order valence-corrected chi connectivity index (χ1v) is 13.0. The van der Waals surface area contributed by atoms with Crippen LogP contribution in [0.3, 0.4) is 0 Å². The molecule has 35 heavy (non-hydrogen) atoms. The molecule has 0 aliphatic carbocycles. The van der Waals surface area contributed by atoms with Crippen LogP contribution < -0.4 is 5.32 Å². The largest absolute Gasteiger partial charge is 0.353 e. The maximum absolute atomic E-state index is 12.8. The molecular weight excluding hydrogens is 454 g/mol.